The van der Waals surface area contributed by atoms with Crippen LogP contribution in [0.4, 0.5) is 23.1 Å². The lowest BCUT2D eigenvalue weighted by Gasteiger charge is -2.32. The molecule has 3 aromatic rings. The molecule has 0 aliphatic carbocycles. The van der Waals surface area contributed by atoms with Gasteiger partial charge < -0.3 is 20.3 Å². The maximum atomic E-state index is 6.45. The minimum Gasteiger partial charge on any atom is -0.491 e. The van der Waals surface area contributed by atoms with Crippen LogP contribution in [0, 0.1) is 0 Å². The zero-order valence-electron chi connectivity index (χ0n) is 20.5. The first-order chi connectivity index (χ1) is 17.0. The number of benzene rings is 2. The van der Waals surface area contributed by atoms with Crippen molar-refractivity contribution in [2.75, 3.05) is 63.8 Å². The largest absolute Gasteiger partial charge is 0.491 e. The van der Waals surface area contributed by atoms with Crippen molar-refractivity contribution in [1.82, 2.24) is 19.8 Å². The number of hydrogen-bond acceptors (Lipinski definition) is 7. The molecule has 0 bridgehead atoms. The molecular formula is C26H32ClN6OP. The topological polar surface area (TPSA) is 65.5 Å². The van der Waals surface area contributed by atoms with E-state index in [1.54, 1.807) is 6.20 Å². The highest BCUT2D eigenvalue weighted by molar-refractivity contribution is 7.64. The van der Waals surface area contributed by atoms with Crippen molar-refractivity contribution in [2.24, 2.45) is 0 Å². The number of aromatic nitrogens is 2. The molecule has 2 aliphatic rings. The summed E-state index contributed by atoms with van der Waals surface area (Å²) in [5.74, 6) is 1.98. The predicted octanol–water partition coefficient (Wildman–Crippen LogP) is 4.67. The van der Waals surface area contributed by atoms with E-state index in [0.29, 0.717) is 23.4 Å². The molecule has 7 nitrogen and oxygen atoms in total. The van der Waals surface area contributed by atoms with Gasteiger partial charge in [-0.15, -0.1) is 0 Å². The summed E-state index contributed by atoms with van der Waals surface area (Å²) >= 11 is 6.45. The first-order valence-corrected chi connectivity index (χ1v) is 14.6. The average molecular weight is 511 g/mol. The summed E-state index contributed by atoms with van der Waals surface area (Å²) in [6.45, 7) is 10.6. The number of fused-ring (bicyclic) bond motifs is 1. The smallest absolute Gasteiger partial charge is 0.229 e. The minimum atomic E-state index is -0.272. The van der Waals surface area contributed by atoms with Crippen molar-refractivity contribution in [3.8, 4) is 5.75 Å². The number of piperazine rings is 1. The highest BCUT2D eigenvalue weighted by Gasteiger charge is 2.23. The van der Waals surface area contributed by atoms with E-state index in [1.807, 2.05) is 6.07 Å². The minimum absolute atomic E-state index is 0.272. The third kappa shape index (κ3) is 5.54. The molecule has 184 valence electrons. The van der Waals surface area contributed by atoms with Crippen LogP contribution in [0.25, 0.3) is 0 Å². The summed E-state index contributed by atoms with van der Waals surface area (Å²) in [5, 5.41) is 8.53. The maximum absolute atomic E-state index is 6.45. The fourth-order valence-corrected chi connectivity index (χ4v) is 5.72. The van der Waals surface area contributed by atoms with Crippen LogP contribution in [0.3, 0.4) is 0 Å². The lowest BCUT2D eigenvalue weighted by atomic mass is 10.0. The van der Waals surface area contributed by atoms with E-state index in [1.165, 1.54) is 16.4 Å². The predicted molar refractivity (Wildman–Crippen MR) is 147 cm³/mol. The second-order valence-corrected chi connectivity index (χ2v) is 12.0. The molecule has 1 fully saturated rings. The number of hydrogen-bond donors (Lipinski definition) is 2. The third-order valence-electron chi connectivity index (χ3n) is 6.58. The molecule has 3 heterocycles. The monoisotopic (exact) mass is 510 g/mol. The van der Waals surface area contributed by atoms with Crippen LogP contribution < -0.4 is 20.7 Å². The van der Waals surface area contributed by atoms with Crippen molar-refractivity contribution in [1.29, 1.82) is 0 Å². The number of anilines is 4. The van der Waals surface area contributed by atoms with Crippen LogP contribution >= 0.6 is 19.5 Å². The zero-order chi connectivity index (χ0) is 24.4. The van der Waals surface area contributed by atoms with Crippen LogP contribution in [0.2, 0.25) is 5.02 Å². The first-order valence-electron chi connectivity index (χ1n) is 12.0. The Balaban J connectivity index is 1.36. The lowest BCUT2D eigenvalue weighted by molar-refractivity contribution is 0.148. The van der Waals surface area contributed by atoms with Gasteiger partial charge in [-0.25, -0.2) is 4.98 Å². The van der Waals surface area contributed by atoms with Gasteiger partial charge in [-0.2, -0.15) is 4.98 Å². The molecule has 9 heteroatoms. The molecular weight excluding hydrogens is 479 g/mol. The van der Waals surface area contributed by atoms with Gasteiger partial charge in [-0.1, -0.05) is 43.8 Å². The molecule has 0 atom stereocenters. The van der Waals surface area contributed by atoms with E-state index < -0.39 is 0 Å². The molecule has 0 saturated carbocycles. The number of rotatable bonds is 7. The molecule has 0 spiro atoms. The summed E-state index contributed by atoms with van der Waals surface area (Å²) in [4.78, 5) is 14.0. The van der Waals surface area contributed by atoms with Crippen LogP contribution in [-0.2, 0) is 13.0 Å². The average Bonchev–Trinajstić information content (AvgIpc) is 3.35. The third-order valence-corrected chi connectivity index (χ3v) is 8.21. The molecule has 0 unspecified atom stereocenters. The Morgan fingerprint density at radius 2 is 1.83 bits per heavy atom. The highest BCUT2D eigenvalue weighted by Crippen LogP contribution is 2.38. The normalized spacial score (nSPS) is 16.3. The molecule has 0 radical (unpaired) electrons. The van der Waals surface area contributed by atoms with Crippen molar-refractivity contribution >= 4 is 48.0 Å². The summed E-state index contributed by atoms with van der Waals surface area (Å²) < 4.78 is 6.06. The number of halogens is 1. The SMILES string of the molecule is CN1CCN(Cc2ccc(Nc3ncc(Cl)c(Nc4ccccc4P(C)C)n3)c3c2CCO3)CC1. The molecule has 0 amide bonds. The van der Waals surface area contributed by atoms with Crippen molar-refractivity contribution in [3.63, 3.8) is 0 Å². The van der Waals surface area contributed by atoms with Crippen LogP contribution in [0.15, 0.2) is 42.6 Å². The molecule has 2 aliphatic heterocycles. The zero-order valence-corrected chi connectivity index (χ0v) is 22.2. The number of nitrogens with one attached hydrogen (secondary N) is 2. The molecule has 35 heavy (non-hydrogen) atoms. The van der Waals surface area contributed by atoms with Gasteiger partial charge in [0.2, 0.25) is 5.95 Å². The second-order valence-electron chi connectivity index (χ2n) is 9.31. The first kappa shape index (κ1) is 24.3. The molecule has 2 N–H and O–H groups in total. The van der Waals surface area contributed by atoms with Gasteiger partial charge in [0.05, 0.1) is 18.5 Å². The van der Waals surface area contributed by atoms with Gasteiger partial charge >= 0.3 is 0 Å². The molecule has 2 aromatic carbocycles. The standard InChI is InChI=1S/C26H32ClN6OP/c1-32-11-13-33(14-12-32)17-18-8-9-22(24-19(18)10-15-34-24)30-26-28-16-20(27)25(31-26)29-21-6-4-5-7-23(21)35(2)3/h4-9,16H,10-15,17H2,1-3H3,(H2,28,29,30,31). The van der Waals surface area contributed by atoms with Gasteiger partial charge in [0.1, 0.15) is 10.8 Å². The van der Waals surface area contributed by atoms with Crippen molar-refractivity contribution in [2.45, 2.75) is 13.0 Å². The quantitative estimate of drug-likeness (QED) is 0.448. The summed E-state index contributed by atoms with van der Waals surface area (Å²) in [6, 6.07) is 12.6. The van der Waals surface area contributed by atoms with E-state index >= 15 is 0 Å². The van der Waals surface area contributed by atoms with Crippen LogP contribution in [0.5, 0.6) is 5.75 Å². The van der Waals surface area contributed by atoms with Gasteiger partial charge in [0.15, 0.2) is 5.82 Å². The number of para-hydroxylation sites is 1. The Morgan fingerprint density at radius 3 is 2.63 bits per heavy atom. The number of nitrogens with zero attached hydrogens (tertiary/aromatic N) is 4. The Bertz CT molecular complexity index is 1200. The Kier molecular flexibility index (Phi) is 7.40. The Morgan fingerprint density at radius 1 is 1.03 bits per heavy atom. The summed E-state index contributed by atoms with van der Waals surface area (Å²) in [7, 11) is 1.92. The maximum Gasteiger partial charge on any atom is 0.229 e. The summed E-state index contributed by atoms with van der Waals surface area (Å²) in [5.41, 5.74) is 4.54. The van der Waals surface area contributed by atoms with Crippen molar-refractivity contribution < 1.29 is 4.74 Å². The van der Waals surface area contributed by atoms with E-state index in [2.05, 4.69) is 81.1 Å². The second kappa shape index (κ2) is 10.7. The molecule has 1 aromatic heterocycles. The van der Waals surface area contributed by atoms with E-state index in [4.69, 9.17) is 16.3 Å². The Hall–Kier alpha value is -2.44. The van der Waals surface area contributed by atoms with Gasteiger partial charge in [0, 0.05) is 50.4 Å². The van der Waals surface area contributed by atoms with Crippen molar-refractivity contribution in [3.05, 3.63) is 58.7 Å². The van der Waals surface area contributed by atoms with E-state index in [0.717, 1.165) is 56.3 Å². The fourth-order valence-electron chi connectivity index (χ4n) is 4.59. The summed E-state index contributed by atoms with van der Waals surface area (Å²) in [6.07, 6.45) is 2.56. The van der Waals surface area contributed by atoms with Crippen LogP contribution in [-0.4, -0.2) is 72.9 Å². The van der Waals surface area contributed by atoms with Gasteiger partial charge in [0.25, 0.3) is 0 Å². The van der Waals surface area contributed by atoms with E-state index in [-0.39, 0.29) is 7.92 Å². The van der Waals surface area contributed by atoms with Gasteiger partial charge in [-0.05, 0) is 43.4 Å². The number of ether oxygens (including phenoxy) is 1. The highest BCUT2D eigenvalue weighted by atomic mass is 35.5. The molecule has 5 rings (SSSR count). The Labute approximate surface area is 213 Å². The number of likely N-dealkylation sites (N-methyl/N-ethyl adjacent to an activating group) is 1. The van der Waals surface area contributed by atoms with Gasteiger partial charge in [-0.3, -0.25) is 4.90 Å². The van der Waals surface area contributed by atoms with E-state index in [9.17, 15) is 0 Å². The molecule has 1 saturated heterocycles. The fraction of sp³-hybridized carbons (Fsp3) is 0.385. The lowest BCUT2D eigenvalue weighted by Crippen LogP contribution is -2.43. The van der Waals surface area contributed by atoms with Crippen LogP contribution in [0.1, 0.15) is 11.1 Å².